The molecule has 1 N–H and O–H groups in total. The van der Waals surface area contributed by atoms with Crippen molar-refractivity contribution in [2.75, 3.05) is 7.11 Å². The predicted octanol–water partition coefficient (Wildman–Crippen LogP) is 2.12. The Bertz CT molecular complexity index is 606. The number of rotatable bonds is 6. The lowest BCUT2D eigenvalue weighted by atomic mass is 9.87. The fourth-order valence-corrected chi connectivity index (χ4v) is 2.46. The summed E-state index contributed by atoms with van der Waals surface area (Å²) >= 11 is 0. The number of hydrogen-bond donors (Lipinski definition) is 1. The maximum Gasteiger partial charge on any atom is 0.342 e. The summed E-state index contributed by atoms with van der Waals surface area (Å²) in [5.74, 6) is -1.98. The van der Waals surface area contributed by atoms with E-state index in [1.807, 2.05) is 0 Å². The molecule has 0 spiro atoms. The summed E-state index contributed by atoms with van der Waals surface area (Å²) in [5, 5.41) is 2.53. The van der Waals surface area contributed by atoms with E-state index in [4.69, 9.17) is 9.47 Å². The van der Waals surface area contributed by atoms with Crippen molar-refractivity contribution in [3.05, 3.63) is 35.9 Å². The number of methoxy groups -OCH3 is 1. The number of Topliss-reactive ketones (excluding diaryl/α,β-unsaturated/α-hetero) is 1. The molecule has 1 amide bonds. The van der Waals surface area contributed by atoms with Crippen molar-refractivity contribution >= 4 is 17.7 Å². The first kappa shape index (κ1) is 19.8. The minimum atomic E-state index is -1.92. The highest BCUT2D eigenvalue weighted by Crippen LogP contribution is 2.23. The zero-order valence-electron chi connectivity index (χ0n) is 15.0. The third kappa shape index (κ3) is 4.41. The Morgan fingerprint density at radius 2 is 1.62 bits per heavy atom. The van der Waals surface area contributed by atoms with Crippen molar-refractivity contribution in [1.29, 1.82) is 0 Å². The van der Waals surface area contributed by atoms with Crippen molar-refractivity contribution in [2.45, 2.75) is 51.9 Å². The molecular formula is C18H25NO5. The van der Waals surface area contributed by atoms with Gasteiger partial charge >= 0.3 is 5.97 Å². The maximum atomic E-state index is 12.5. The summed E-state index contributed by atoms with van der Waals surface area (Å²) in [6, 6.07) is 8.33. The van der Waals surface area contributed by atoms with Gasteiger partial charge in [-0.3, -0.25) is 9.59 Å². The molecule has 24 heavy (non-hydrogen) atoms. The van der Waals surface area contributed by atoms with Crippen LogP contribution < -0.4 is 5.32 Å². The monoisotopic (exact) mass is 335 g/mol. The number of nitrogens with one attached hydrogen (secondary N) is 1. The molecule has 0 aromatic heterocycles. The van der Waals surface area contributed by atoms with Crippen molar-refractivity contribution < 1.29 is 23.9 Å². The van der Waals surface area contributed by atoms with E-state index in [9.17, 15) is 14.4 Å². The summed E-state index contributed by atoms with van der Waals surface area (Å²) in [6.07, 6.45) is -0.921. The summed E-state index contributed by atoms with van der Waals surface area (Å²) in [5.41, 5.74) is -2.21. The second kappa shape index (κ2) is 7.57. The van der Waals surface area contributed by atoms with Crippen LogP contribution >= 0.6 is 0 Å². The van der Waals surface area contributed by atoms with E-state index in [2.05, 4.69) is 5.32 Å². The molecule has 0 heterocycles. The number of benzene rings is 1. The lowest BCUT2D eigenvalue weighted by Gasteiger charge is -2.38. The van der Waals surface area contributed by atoms with Crippen LogP contribution in [0.15, 0.2) is 30.3 Å². The predicted molar refractivity (Wildman–Crippen MR) is 89.6 cm³/mol. The second-order valence-corrected chi connectivity index (χ2v) is 6.55. The van der Waals surface area contributed by atoms with E-state index in [1.54, 1.807) is 58.0 Å². The Hall–Kier alpha value is -2.21. The van der Waals surface area contributed by atoms with Gasteiger partial charge in [0, 0.05) is 5.56 Å². The number of amides is 1. The first-order valence-corrected chi connectivity index (χ1v) is 7.69. The molecule has 6 heteroatoms. The van der Waals surface area contributed by atoms with Crippen molar-refractivity contribution in [2.24, 2.45) is 0 Å². The Balaban J connectivity index is 3.29. The molecule has 2 unspecified atom stereocenters. The van der Waals surface area contributed by atoms with Crippen LogP contribution in [0.5, 0.6) is 0 Å². The molecule has 0 aliphatic rings. The van der Waals surface area contributed by atoms with Crippen LogP contribution in [0.3, 0.4) is 0 Å². The molecule has 0 saturated heterocycles. The minimum absolute atomic E-state index is 0.329. The first-order valence-electron chi connectivity index (χ1n) is 7.69. The normalized spacial score (nSPS) is 15.1. The second-order valence-electron chi connectivity index (χ2n) is 6.55. The Morgan fingerprint density at radius 3 is 2.04 bits per heavy atom. The number of carbonyl (C=O) groups excluding carboxylic acids is 3. The van der Waals surface area contributed by atoms with Gasteiger partial charge < -0.3 is 14.8 Å². The van der Waals surface area contributed by atoms with Crippen LogP contribution in [-0.4, -0.2) is 42.0 Å². The smallest absolute Gasteiger partial charge is 0.342 e. The molecule has 0 saturated carbocycles. The summed E-state index contributed by atoms with van der Waals surface area (Å²) in [6.45, 7) is 8.18. The number of hydrogen-bond acceptors (Lipinski definition) is 5. The molecule has 0 bridgehead atoms. The average Bonchev–Trinajstić information content (AvgIpc) is 2.50. The van der Waals surface area contributed by atoms with E-state index < -0.39 is 34.9 Å². The fraction of sp³-hybridized carbons (Fsp3) is 0.500. The van der Waals surface area contributed by atoms with E-state index in [-0.39, 0.29) is 0 Å². The number of ether oxygens (including phenoxy) is 2. The summed E-state index contributed by atoms with van der Waals surface area (Å²) < 4.78 is 10.6. The number of esters is 1. The zero-order valence-corrected chi connectivity index (χ0v) is 15.0. The van der Waals surface area contributed by atoms with Crippen LogP contribution in [0.25, 0.3) is 0 Å². The van der Waals surface area contributed by atoms with Crippen LogP contribution in [0.1, 0.15) is 45.0 Å². The molecule has 2 atom stereocenters. The molecule has 1 rings (SSSR count). The van der Waals surface area contributed by atoms with Gasteiger partial charge in [0.1, 0.15) is 0 Å². The van der Waals surface area contributed by atoms with Gasteiger partial charge in [-0.1, -0.05) is 18.2 Å². The van der Waals surface area contributed by atoms with Gasteiger partial charge in [-0.2, -0.15) is 0 Å². The number of ketones is 1. The van der Waals surface area contributed by atoms with Gasteiger partial charge in [0.15, 0.2) is 5.78 Å². The molecule has 1 aromatic rings. The maximum absolute atomic E-state index is 12.5. The zero-order chi connectivity index (χ0) is 18.5. The molecule has 0 aliphatic carbocycles. The molecule has 132 valence electrons. The van der Waals surface area contributed by atoms with E-state index in [0.29, 0.717) is 5.56 Å². The van der Waals surface area contributed by atoms with Crippen LogP contribution in [-0.2, 0) is 19.1 Å². The standard InChI is InChI=1S/C18H25NO5/c1-12(20)18(16(22)23-6,13(2)24-17(3,4)5)19-15(21)14-10-8-7-9-11-14/h7-11,13H,1-6H3,(H,19,21). The van der Waals surface area contributed by atoms with E-state index in [0.717, 1.165) is 0 Å². The minimum Gasteiger partial charge on any atom is -0.467 e. The van der Waals surface area contributed by atoms with E-state index in [1.165, 1.54) is 14.0 Å². The quantitative estimate of drug-likeness (QED) is 0.636. The lowest BCUT2D eigenvalue weighted by Crippen LogP contribution is -2.67. The average molecular weight is 335 g/mol. The van der Waals surface area contributed by atoms with Gasteiger partial charge in [-0.25, -0.2) is 4.79 Å². The van der Waals surface area contributed by atoms with Crippen molar-refractivity contribution in [3.8, 4) is 0 Å². The highest BCUT2D eigenvalue weighted by molar-refractivity contribution is 6.12. The topological polar surface area (TPSA) is 81.7 Å². The molecular weight excluding hydrogens is 310 g/mol. The molecule has 6 nitrogen and oxygen atoms in total. The van der Waals surface area contributed by atoms with Crippen LogP contribution in [0, 0.1) is 0 Å². The molecule has 0 fully saturated rings. The summed E-state index contributed by atoms with van der Waals surface area (Å²) in [7, 11) is 1.17. The Kier molecular flexibility index (Phi) is 6.26. The Morgan fingerprint density at radius 1 is 1.08 bits per heavy atom. The van der Waals surface area contributed by atoms with Crippen molar-refractivity contribution in [1.82, 2.24) is 5.32 Å². The van der Waals surface area contributed by atoms with Gasteiger partial charge in [0.25, 0.3) is 5.91 Å². The van der Waals surface area contributed by atoms with Crippen LogP contribution in [0.2, 0.25) is 0 Å². The third-order valence-corrected chi connectivity index (χ3v) is 3.55. The van der Waals surface area contributed by atoms with Crippen molar-refractivity contribution in [3.63, 3.8) is 0 Å². The van der Waals surface area contributed by atoms with Gasteiger partial charge in [-0.15, -0.1) is 0 Å². The van der Waals surface area contributed by atoms with E-state index >= 15 is 0 Å². The van der Waals surface area contributed by atoms with Crippen LogP contribution in [0.4, 0.5) is 0 Å². The number of carbonyl (C=O) groups is 3. The molecule has 0 aliphatic heterocycles. The lowest BCUT2D eigenvalue weighted by molar-refractivity contribution is -0.165. The highest BCUT2D eigenvalue weighted by atomic mass is 16.5. The SMILES string of the molecule is COC(=O)C(NC(=O)c1ccccc1)(C(C)=O)C(C)OC(C)(C)C. The molecule has 1 aromatic carbocycles. The van der Waals surface area contributed by atoms with Gasteiger partial charge in [0.05, 0.1) is 18.8 Å². The fourth-order valence-electron chi connectivity index (χ4n) is 2.46. The highest BCUT2D eigenvalue weighted by Gasteiger charge is 2.52. The van der Waals surface area contributed by atoms with Gasteiger partial charge in [0.2, 0.25) is 5.54 Å². The first-order chi connectivity index (χ1) is 11.0. The third-order valence-electron chi connectivity index (χ3n) is 3.55. The Labute approximate surface area is 142 Å². The summed E-state index contributed by atoms with van der Waals surface area (Å²) in [4.78, 5) is 37.3. The largest absolute Gasteiger partial charge is 0.467 e. The van der Waals surface area contributed by atoms with Gasteiger partial charge in [-0.05, 0) is 46.8 Å². The molecule has 0 radical (unpaired) electrons.